The molecule has 0 heterocycles. The van der Waals surface area contributed by atoms with Gasteiger partial charge >= 0.3 is 0 Å². The average molecular weight is 269 g/mol. The predicted molar refractivity (Wildman–Crippen MR) is 64.5 cm³/mol. The van der Waals surface area contributed by atoms with Crippen LogP contribution >= 0.6 is 15.9 Å². The van der Waals surface area contributed by atoms with Gasteiger partial charge in [0.05, 0.1) is 5.56 Å². The molecule has 0 amide bonds. The minimum Gasteiger partial charge on any atom is -0.489 e. The van der Waals surface area contributed by atoms with E-state index in [2.05, 4.69) is 15.9 Å². The van der Waals surface area contributed by atoms with Crippen LogP contribution in [0.3, 0.4) is 0 Å². The number of benzene rings is 1. The van der Waals surface area contributed by atoms with Crippen molar-refractivity contribution in [2.24, 2.45) is 0 Å². The first-order valence-corrected chi connectivity index (χ1v) is 5.43. The molecule has 80 valence electrons. The van der Waals surface area contributed by atoms with Crippen LogP contribution in [-0.2, 0) is 0 Å². The van der Waals surface area contributed by atoms with Crippen molar-refractivity contribution in [3.63, 3.8) is 0 Å². The number of allylic oxidation sites excluding steroid dienone is 1. The molecular weight excluding hydrogens is 256 g/mol. The van der Waals surface area contributed by atoms with E-state index in [1.165, 1.54) is 5.57 Å². The summed E-state index contributed by atoms with van der Waals surface area (Å²) >= 11 is 3.33. The fourth-order valence-corrected chi connectivity index (χ4v) is 1.37. The normalized spacial score (nSPS) is 9.53. The molecule has 0 aliphatic carbocycles. The van der Waals surface area contributed by atoms with E-state index in [0.29, 0.717) is 17.9 Å². The second-order valence-electron chi connectivity index (χ2n) is 3.39. The molecule has 1 rings (SSSR count). The molecule has 0 aromatic heterocycles. The SMILES string of the molecule is CC(C)=CCOc1cc(Br)ccc1C=O. The van der Waals surface area contributed by atoms with Gasteiger partial charge in [0.1, 0.15) is 12.4 Å². The summed E-state index contributed by atoms with van der Waals surface area (Å²) in [4.78, 5) is 10.7. The molecule has 0 atom stereocenters. The monoisotopic (exact) mass is 268 g/mol. The third-order valence-electron chi connectivity index (χ3n) is 1.83. The van der Waals surface area contributed by atoms with Gasteiger partial charge in [-0.3, -0.25) is 4.79 Å². The molecule has 1 aromatic rings. The molecule has 1 aromatic carbocycles. The number of carbonyl (C=O) groups is 1. The maximum atomic E-state index is 10.7. The number of carbonyl (C=O) groups excluding carboxylic acids is 1. The Hall–Kier alpha value is -1.09. The highest BCUT2D eigenvalue weighted by molar-refractivity contribution is 9.10. The molecule has 3 heteroatoms. The smallest absolute Gasteiger partial charge is 0.153 e. The van der Waals surface area contributed by atoms with Crippen molar-refractivity contribution >= 4 is 22.2 Å². The van der Waals surface area contributed by atoms with Crippen molar-refractivity contribution < 1.29 is 9.53 Å². The van der Waals surface area contributed by atoms with Gasteiger partial charge in [-0.1, -0.05) is 21.5 Å². The van der Waals surface area contributed by atoms with Crippen molar-refractivity contribution in [1.82, 2.24) is 0 Å². The Balaban J connectivity index is 2.78. The molecule has 0 unspecified atom stereocenters. The highest BCUT2D eigenvalue weighted by Crippen LogP contribution is 2.22. The third kappa shape index (κ3) is 3.88. The van der Waals surface area contributed by atoms with Crippen LogP contribution < -0.4 is 4.74 Å². The van der Waals surface area contributed by atoms with Crippen LogP contribution in [0.5, 0.6) is 5.75 Å². The van der Waals surface area contributed by atoms with Crippen LogP contribution in [0.4, 0.5) is 0 Å². The van der Waals surface area contributed by atoms with Crippen LogP contribution in [0.15, 0.2) is 34.3 Å². The van der Waals surface area contributed by atoms with Gasteiger partial charge < -0.3 is 4.74 Å². The summed E-state index contributed by atoms with van der Waals surface area (Å²) in [7, 11) is 0. The van der Waals surface area contributed by atoms with E-state index < -0.39 is 0 Å². The summed E-state index contributed by atoms with van der Waals surface area (Å²) in [5.74, 6) is 0.608. The molecule has 0 N–H and O–H groups in total. The van der Waals surface area contributed by atoms with Gasteiger partial charge in [-0.2, -0.15) is 0 Å². The fraction of sp³-hybridized carbons (Fsp3) is 0.250. The molecule has 0 aliphatic heterocycles. The standard InChI is InChI=1S/C12H13BrO2/c1-9(2)5-6-15-12-7-11(13)4-3-10(12)8-14/h3-5,7-8H,6H2,1-2H3. The maximum Gasteiger partial charge on any atom is 0.153 e. The summed E-state index contributed by atoms with van der Waals surface area (Å²) in [5.41, 5.74) is 1.76. The highest BCUT2D eigenvalue weighted by Gasteiger charge is 2.02. The van der Waals surface area contributed by atoms with Crippen LogP contribution in [-0.4, -0.2) is 12.9 Å². The van der Waals surface area contributed by atoms with Gasteiger partial charge in [0.25, 0.3) is 0 Å². The molecule has 15 heavy (non-hydrogen) atoms. The Morgan fingerprint density at radius 1 is 1.47 bits per heavy atom. The number of hydrogen-bond donors (Lipinski definition) is 0. The minimum absolute atomic E-state index is 0.486. The summed E-state index contributed by atoms with van der Waals surface area (Å²) in [6.45, 7) is 4.50. The molecule has 0 spiro atoms. The summed E-state index contributed by atoms with van der Waals surface area (Å²) in [6, 6.07) is 5.34. The zero-order valence-corrected chi connectivity index (χ0v) is 10.4. The van der Waals surface area contributed by atoms with Gasteiger partial charge in [-0.25, -0.2) is 0 Å². The molecular formula is C12H13BrO2. The summed E-state index contributed by atoms with van der Waals surface area (Å²) < 4.78 is 6.39. The lowest BCUT2D eigenvalue weighted by Gasteiger charge is -2.06. The van der Waals surface area contributed by atoms with Gasteiger partial charge in [0.2, 0.25) is 0 Å². The Labute approximate surface area is 98.1 Å². The van der Waals surface area contributed by atoms with Crippen LogP contribution in [0, 0.1) is 0 Å². The largest absolute Gasteiger partial charge is 0.489 e. The molecule has 0 saturated carbocycles. The molecule has 0 aliphatic rings. The average Bonchev–Trinajstić information content (AvgIpc) is 2.17. The van der Waals surface area contributed by atoms with Gasteiger partial charge in [0.15, 0.2) is 6.29 Å². The highest BCUT2D eigenvalue weighted by atomic mass is 79.9. The second-order valence-corrected chi connectivity index (χ2v) is 4.31. The molecule has 0 bridgehead atoms. The third-order valence-corrected chi connectivity index (χ3v) is 2.33. The van der Waals surface area contributed by atoms with Crippen molar-refractivity contribution in [2.45, 2.75) is 13.8 Å². The lowest BCUT2D eigenvalue weighted by atomic mass is 10.2. The lowest BCUT2D eigenvalue weighted by Crippen LogP contribution is -1.97. The van der Waals surface area contributed by atoms with E-state index in [1.54, 1.807) is 12.1 Å². The van der Waals surface area contributed by atoms with Crippen LogP contribution in [0.25, 0.3) is 0 Å². The van der Waals surface area contributed by atoms with Gasteiger partial charge in [0, 0.05) is 4.47 Å². The summed E-state index contributed by atoms with van der Waals surface area (Å²) in [6.07, 6.45) is 2.76. The van der Waals surface area contributed by atoms with E-state index in [0.717, 1.165) is 10.8 Å². The van der Waals surface area contributed by atoms with Crippen molar-refractivity contribution in [2.75, 3.05) is 6.61 Å². The van der Waals surface area contributed by atoms with Crippen LogP contribution in [0.1, 0.15) is 24.2 Å². The zero-order valence-electron chi connectivity index (χ0n) is 8.79. The van der Waals surface area contributed by atoms with E-state index in [-0.39, 0.29) is 0 Å². The Morgan fingerprint density at radius 2 is 2.20 bits per heavy atom. The first-order chi connectivity index (χ1) is 7.13. The van der Waals surface area contributed by atoms with E-state index in [4.69, 9.17) is 4.74 Å². The van der Waals surface area contributed by atoms with Gasteiger partial charge in [-0.15, -0.1) is 0 Å². The lowest BCUT2D eigenvalue weighted by molar-refractivity contribution is 0.112. The van der Waals surface area contributed by atoms with E-state index >= 15 is 0 Å². The number of aldehydes is 1. The number of hydrogen-bond acceptors (Lipinski definition) is 2. The zero-order chi connectivity index (χ0) is 11.3. The van der Waals surface area contributed by atoms with E-state index in [1.807, 2.05) is 26.0 Å². The molecule has 0 radical (unpaired) electrons. The maximum absolute atomic E-state index is 10.7. The molecule has 2 nitrogen and oxygen atoms in total. The molecule has 0 fully saturated rings. The first kappa shape index (κ1) is 12.0. The summed E-state index contributed by atoms with van der Waals surface area (Å²) in [5, 5.41) is 0. The Morgan fingerprint density at radius 3 is 2.80 bits per heavy atom. The quantitative estimate of drug-likeness (QED) is 0.616. The number of ether oxygens (including phenoxy) is 1. The van der Waals surface area contributed by atoms with Crippen molar-refractivity contribution in [1.29, 1.82) is 0 Å². The predicted octanol–water partition coefficient (Wildman–Crippen LogP) is 3.61. The Bertz CT molecular complexity index is 379. The Kier molecular flexibility index (Phi) is 4.56. The van der Waals surface area contributed by atoms with Crippen LogP contribution in [0.2, 0.25) is 0 Å². The number of rotatable bonds is 4. The fourth-order valence-electron chi connectivity index (χ4n) is 1.03. The first-order valence-electron chi connectivity index (χ1n) is 4.64. The second kappa shape index (κ2) is 5.71. The van der Waals surface area contributed by atoms with Gasteiger partial charge in [-0.05, 0) is 38.1 Å². The topological polar surface area (TPSA) is 26.3 Å². The van der Waals surface area contributed by atoms with Crippen molar-refractivity contribution in [3.8, 4) is 5.75 Å². The number of halogens is 1. The minimum atomic E-state index is 0.486. The molecule has 0 saturated heterocycles. The van der Waals surface area contributed by atoms with E-state index in [9.17, 15) is 4.79 Å². The van der Waals surface area contributed by atoms with Crippen molar-refractivity contribution in [3.05, 3.63) is 39.9 Å².